The van der Waals surface area contributed by atoms with Gasteiger partial charge in [0, 0.05) is 31.9 Å². The van der Waals surface area contributed by atoms with Gasteiger partial charge in [-0.2, -0.15) is 0 Å². The first kappa shape index (κ1) is 11.2. The third-order valence-electron chi connectivity index (χ3n) is 4.01. The van der Waals surface area contributed by atoms with Crippen molar-refractivity contribution in [1.29, 1.82) is 0 Å². The normalized spacial score (nSPS) is 28.3. The Morgan fingerprint density at radius 3 is 3.00 bits per heavy atom. The molecule has 2 aliphatic rings. The van der Waals surface area contributed by atoms with E-state index in [1.807, 2.05) is 0 Å². The van der Waals surface area contributed by atoms with Gasteiger partial charge < -0.3 is 15.0 Å². The van der Waals surface area contributed by atoms with Crippen LogP contribution < -0.4 is 5.32 Å². The fourth-order valence-corrected chi connectivity index (χ4v) is 2.90. The third kappa shape index (κ3) is 2.21. The smallest absolute Gasteiger partial charge is 0.133 e. The number of hydrogen-bond donors (Lipinski definition) is 2. The Balaban J connectivity index is 1.74. The van der Waals surface area contributed by atoms with E-state index in [2.05, 4.69) is 20.1 Å². The largest absolute Gasteiger partial charge is 0.396 e. The predicted octanol–water partition coefficient (Wildman–Crippen LogP) is -0.0152. The van der Waals surface area contributed by atoms with Crippen molar-refractivity contribution in [2.45, 2.75) is 32.2 Å². The van der Waals surface area contributed by atoms with Crippen molar-refractivity contribution in [1.82, 2.24) is 20.1 Å². The summed E-state index contributed by atoms with van der Waals surface area (Å²) in [5, 5.41) is 21.3. The van der Waals surface area contributed by atoms with Crippen LogP contribution in [0.1, 0.15) is 24.5 Å². The topological polar surface area (TPSA) is 63.0 Å². The second-order valence-electron chi connectivity index (χ2n) is 5.29. The lowest BCUT2D eigenvalue weighted by Crippen LogP contribution is -2.25. The van der Waals surface area contributed by atoms with Gasteiger partial charge in [0.25, 0.3) is 0 Å². The summed E-state index contributed by atoms with van der Waals surface area (Å²) < 4.78 is 2.24. The van der Waals surface area contributed by atoms with E-state index in [4.69, 9.17) is 0 Å². The second kappa shape index (κ2) is 4.74. The zero-order valence-electron chi connectivity index (χ0n) is 10.1. The van der Waals surface area contributed by atoms with E-state index in [1.165, 1.54) is 6.42 Å². The minimum absolute atomic E-state index is 0.280. The highest BCUT2D eigenvalue weighted by Gasteiger charge is 2.24. The molecule has 0 aliphatic carbocycles. The number of nitrogens with zero attached hydrogens (tertiary/aromatic N) is 3. The summed E-state index contributed by atoms with van der Waals surface area (Å²) in [6.45, 7) is 3.41. The summed E-state index contributed by atoms with van der Waals surface area (Å²) in [4.78, 5) is 0. The van der Waals surface area contributed by atoms with Crippen LogP contribution in [-0.4, -0.2) is 39.6 Å². The second-order valence-corrected chi connectivity index (χ2v) is 5.29. The highest BCUT2D eigenvalue weighted by atomic mass is 16.3. The van der Waals surface area contributed by atoms with Crippen LogP contribution in [0.4, 0.5) is 0 Å². The van der Waals surface area contributed by atoms with Gasteiger partial charge in [-0.25, -0.2) is 0 Å². The van der Waals surface area contributed by atoms with Crippen LogP contribution in [0.25, 0.3) is 0 Å². The molecule has 94 valence electrons. The van der Waals surface area contributed by atoms with E-state index in [9.17, 15) is 5.11 Å². The van der Waals surface area contributed by atoms with E-state index in [1.54, 1.807) is 0 Å². The number of aromatic nitrogens is 3. The molecule has 0 spiro atoms. The molecular weight excluding hydrogens is 216 g/mol. The number of aliphatic hydroxyl groups excluding tert-OH is 1. The fourth-order valence-electron chi connectivity index (χ4n) is 2.90. The monoisotopic (exact) mass is 236 g/mol. The molecule has 1 saturated heterocycles. The molecule has 0 amide bonds. The average Bonchev–Trinajstić information content (AvgIpc) is 2.99. The number of nitrogens with one attached hydrogen (secondary N) is 1. The summed E-state index contributed by atoms with van der Waals surface area (Å²) in [6, 6.07) is 0. The zero-order chi connectivity index (χ0) is 11.7. The van der Waals surface area contributed by atoms with Crippen molar-refractivity contribution >= 4 is 0 Å². The van der Waals surface area contributed by atoms with Gasteiger partial charge in [-0.15, -0.1) is 10.2 Å². The first-order valence-electron chi connectivity index (χ1n) is 6.59. The van der Waals surface area contributed by atoms with Crippen molar-refractivity contribution in [2.24, 2.45) is 11.8 Å². The Kier molecular flexibility index (Phi) is 3.11. The molecule has 0 bridgehead atoms. The molecule has 0 saturated carbocycles. The number of fused-ring (bicyclic) bond motifs is 1. The minimum atomic E-state index is 0.280. The maximum atomic E-state index is 9.27. The van der Waals surface area contributed by atoms with E-state index < -0.39 is 0 Å². The molecule has 3 heterocycles. The first-order valence-corrected chi connectivity index (χ1v) is 6.59. The van der Waals surface area contributed by atoms with Crippen molar-refractivity contribution < 1.29 is 5.11 Å². The molecule has 0 radical (unpaired) electrons. The third-order valence-corrected chi connectivity index (χ3v) is 4.01. The lowest BCUT2D eigenvalue weighted by molar-refractivity contribution is 0.189. The fraction of sp³-hybridized carbons (Fsp3) is 0.833. The van der Waals surface area contributed by atoms with E-state index >= 15 is 0 Å². The summed E-state index contributed by atoms with van der Waals surface area (Å²) >= 11 is 0. The lowest BCUT2D eigenvalue weighted by Gasteiger charge is -2.23. The Morgan fingerprint density at radius 1 is 1.29 bits per heavy atom. The molecule has 2 atom stereocenters. The molecule has 0 aromatic carbocycles. The van der Waals surface area contributed by atoms with Gasteiger partial charge in [-0.05, 0) is 31.8 Å². The van der Waals surface area contributed by atoms with Gasteiger partial charge in [0.1, 0.15) is 11.6 Å². The molecule has 17 heavy (non-hydrogen) atoms. The molecule has 1 fully saturated rings. The summed E-state index contributed by atoms with van der Waals surface area (Å²) in [6.07, 6.45) is 4.27. The van der Waals surface area contributed by atoms with Gasteiger partial charge in [-0.3, -0.25) is 0 Å². The van der Waals surface area contributed by atoms with Crippen LogP contribution in [0.2, 0.25) is 0 Å². The van der Waals surface area contributed by atoms with Crippen molar-refractivity contribution in [2.75, 3.05) is 19.7 Å². The van der Waals surface area contributed by atoms with Crippen LogP contribution >= 0.6 is 0 Å². The minimum Gasteiger partial charge on any atom is -0.396 e. The predicted molar refractivity (Wildman–Crippen MR) is 63.6 cm³/mol. The van der Waals surface area contributed by atoms with Crippen LogP contribution in [-0.2, 0) is 19.4 Å². The van der Waals surface area contributed by atoms with Crippen LogP contribution in [0.3, 0.4) is 0 Å². The van der Waals surface area contributed by atoms with Gasteiger partial charge in [-0.1, -0.05) is 0 Å². The van der Waals surface area contributed by atoms with Crippen molar-refractivity contribution in [3.63, 3.8) is 0 Å². The van der Waals surface area contributed by atoms with E-state index in [0.717, 1.165) is 50.5 Å². The molecule has 5 heteroatoms. The first-order chi connectivity index (χ1) is 8.36. The van der Waals surface area contributed by atoms with Gasteiger partial charge in [0.05, 0.1) is 0 Å². The SMILES string of the molecule is OCC1CCc2nnc(CC3CCNC3)n2C1. The number of hydrogen-bond acceptors (Lipinski definition) is 4. The highest BCUT2D eigenvalue weighted by molar-refractivity contribution is 5.01. The molecule has 2 N–H and O–H groups in total. The summed E-state index contributed by atoms with van der Waals surface area (Å²) in [7, 11) is 0. The van der Waals surface area contributed by atoms with Gasteiger partial charge in [0.15, 0.2) is 0 Å². The number of rotatable bonds is 3. The van der Waals surface area contributed by atoms with Crippen LogP contribution in [0, 0.1) is 11.8 Å². The quantitative estimate of drug-likeness (QED) is 0.774. The van der Waals surface area contributed by atoms with Crippen LogP contribution in [0.15, 0.2) is 0 Å². The maximum Gasteiger partial charge on any atom is 0.133 e. The standard InChI is InChI=1S/C12H20N4O/c17-8-10-1-2-11-14-15-12(16(11)7-10)5-9-3-4-13-6-9/h9-10,13,17H,1-8H2. The molecule has 1 aromatic rings. The van der Waals surface area contributed by atoms with Crippen molar-refractivity contribution in [3.05, 3.63) is 11.6 Å². The Labute approximate surface area is 101 Å². The molecular formula is C12H20N4O. The van der Waals surface area contributed by atoms with Crippen LogP contribution in [0.5, 0.6) is 0 Å². The maximum absolute atomic E-state index is 9.27. The highest BCUT2D eigenvalue weighted by Crippen LogP contribution is 2.22. The molecule has 2 unspecified atom stereocenters. The summed E-state index contributed by atoms with van der Waals surface area (Å²) in [5.74, 6) is 3.32. The van der Waals surface area contributed by atoms with Gasteiger partial charge >= 0.3 is 0 Å². The number of aryl methyl sites for hydroxylation is 1. The molecule has 3 rings (SSSR count). The molecule has 5 nitrogen and oxygen atoms in total. The average molecular weight is 236 g/mol. The lowest BCUT2D eigenvalue weighted by atomic mass is 9.99. The Bertz CT molecular complexity index is 384. The number of aliphatic hydroxyl groups is 1. The Morgan fingerprint density at radius 2 is 2.24 bits per heavy atom. The zero-order valence-corrected chi connectivity index (χ0v) is 10.1. The summed E-state index contributed by atoms with van der Waals surface area (Å²) in [5.41, 5.74) is 0. The Hall–Kier alpha value is -0.940. The van der Waals surface area contributed by atoms with E-state index in [-0.39, 0.29) is 6.61 Å². The van der Waals surface area contributed by atoms with E-state index in [0.29, 0.717) is 11.8 Å². The molecule has 1 aromatic heterocycles. The van der Waals surface area contributed by atoms with Gasteiger partial charge in [0.2, 0.25) is 0 Å². The van der Waals surface area contributed by atoms with Crippen molar-refractivity contribution in [3.8, 4) is 0 Å². The molecule has 2 aliphatic heterocycles.